The molecule has 1 amide bonds. The number of amides is 1. The lowest BCUT2D eigenvalue weighted by atomic mass is 10.1. The molecule has 0 spiro atoms. The number of ether oxygens (including phenoxy) is 1. The summed E-state index contributed by atoms with van der Waals surface area (Å²) in [7, 11) is 0. The highest BCUT2D eigenvalue weighted by Gasteiger charge is 2.45. The number of imidazole rings is 1. The van der Waals surface area contributed by atoms with Gasteiger partial charge >= 0.3 is 0 Å². The van der Waals surface area contributed by atoms with Gasteiger partial charge in [0.05, 0.1) is 12.4 Å². The second-order valence-electron chi connectivity index (χ2n) is 6.12. The van der Waals surface area contributed by atoms with Crippen molar-refractivity contribution in [3.8, 4) is 0 Å². The highest BCUT2D eigenvalue weighted by Crippen LogP contribution is 2.33. The molecule has 4 N–H and O–H groups in total. The summed E-state index contributed by atoms with van der Waals surface area (Å²) in [5.41, 5.74) is 6.52. The first kappa shape index (κ1) is 16.1. The molecule has 2 aromatic rings. The van der Waals surface area contributed by atoms with E-state index in [2.05, 4.69) is 15.0 Å². The van der Waals surface area contributed by atoms with E-state index in [0.29, 0.717) is 17.6 Å². The van der Waals surface area contributed by atoms with Gasteiger partial charge in [-0.1, -0.05) is 0 Å². The van der Waals surface area contributed by atoms with Crippen LogP contribution in [0.3, 0.4) is 0 Å². The van der Waals surface area contributed by atoms with E-state index in [9.17, 15) is 15.0 Å². The van der Waals surface area contributed by atoms with Gasteiger partial charge in [-0.25, -0.2) is 20.0 Å². The number of carbonyl (C=O) groups is 1. The predicted octanol–water partition coefficient (Wildman–Crippen LogP) is -1.42. The van der Waals surface area contributed by atoms with E-state index in [1.807, 2.05) is 0 Å². The Hall–Kier alpha value is -2.34. The van der Waals surface area contributed by atoms with E-state index < -0.39 is 24.5 Å². The number of rotatable bonds is 6. The highest BCUT2D eigenvalue weighted by atomic mass is 16.7. The molecule has 2 aliphatic rings. The Morgan fingerprint density at radius 1 is 1.36 bits per heavy atom. The second kappa shape index (κ2) is 6.19. The Bertz CT molecular complexity index is 780. The molecule has 11 nitrogen and oxygen atoms in total. The van der Waals surface area contributed by atoms with Crippen LogP contribution in [0, 0.1) is 0 Å². The first-order valence-electron chi connectivity index (χ1n) is 7.91. The number of hydroxylamine groups is 2. The summed E-state index contributed by atoms with van der Waals surface area (Å²) in [5.74, 6) is 0.211. The monoisotopic (exact) mass is 350 g/mol. The van der Waals surface area contributed by atoms with E-state index in [1.165, 1.54) is 22.3 Å². The number of nitrogens with zero attached hydrogens (tertiary/aromatic N) is 5. The van der Waals surface area contributed by atoms with Gasteiger partial charge in [-0.3, -0.25) is 14.2 Å². The van der Waals surface area contributed by atoms with Crippen LogP contribution in [0.4, 0.5) is 5.82 Å². The molecule has 1 aliphatic heterocycles. The minimum absolute atomic E-state index is 0.0618. The Labute approximate surface area is 141 Å². The number of aromatic nitrogens is 4. The van der Waals surface area contributed by atoms with Crippen LogP contribution in [0.25, 0.3) is 11.2 Å². The highest BCUT2D eigenvalue weighted by molar-refractivity contribution is 5.81. The summed E-state index contributed by atoms with van der Waals surface area (Å²) in [4.78, 5) is 28.4. The van der Waals surface area contributed by atoms with Crippen molar-refractivity contribution in [2.75, 3.05) is 12.3 Å². The first-order valence-corrected chi connectivity index (χ1v) is 7.91. The molecule has 1 saturated carbocycles. The molecule has 0 radical (unpaired) electrons. The van der Waals surface area contributed by atoms with E-state index in [-0.39, 0.29) is 18.5 Å². The number of carbonyl (C=O) groups excluding carboxylic acids is 1. The second-order valence-corrected chi connectivity index (χ2v) is 6.12. The minimum atomic E-state index is -1.22. The molecule has 2 aromatic heterocycles. The van der Waals surface area contributed by atoms with E-state index in [1.54, 1.807) is 0 Å². The lowest BCUT2D eigenvalue weighted by Gasteiger charge is -2.20. The van der Waals surface area contributed by atoms with Crippen LogP contribution in [0.1, 0.15) is 19.1 Å². The van der Waals surface area contributed by atoms with Crippen LogP contribution in [-0.4, -0.2) is 72.2 Å². The molecule has 2 unspecified atom stereocenters. The Kier molecular flexibility index (Phi) is 4.00. The van der Waals surface area contributed by atoms with Gasteiger partial charge in [-0.15, -0.1) is 0 Å². The fourth-order valence-electron chi connectivity index (χ4n) is 2.86. The zero-order valence-electron chi connectivity index (χ0n) is 13.2. The molecule has 134 valence electrons. The SMILES string of the molecule is Nc1ncnc2c1ncn2[C@@H]1O[C@H](CON(C=O)C2CC2)C(O)C1O. The van der Waals surface area contributed by atoms with Crippen LogP contribution in [-0.2, 0) is 14.4 Å². The number of hydrogen-bond acceptors (Lipinski definition) is 9. The molecule has 1 aliphatic carbocycles. The molecule has 4 atom stereocenters. The van der Waals surface area contributed by atoms with Gasteiger partial charge in [0, 0.05) is 0 Å². The summed E-state index contributed by atoms with van der Waals surface area (Å²) in [5, 5.41) is 21.8. The van der Waals surface area contributed by atoms with Crippen LogP contribution in [0.5, 0.6) is 0 Å². The average molecular weight is 350 g/mol. The van der Waals surface area contributed by atoms with Gasteiger partial charge in [-0.05, 0) is 12.8 Å². The smallest absolute Gasteiger partial charge is 0.233 e. The predicted molar refractivity (Wildman–Crippen MR) is 82.5 cm³/mol. The quantitative estimate of drug-likeness (QED) is 0.421. The van der Waals surface area contributed by atoms with Crippen LogP contribution in [0.2, 0.25) is 0 Å². The number of nitrogen functional groups attached to an aromatic ring is 1. The normalized spacial score (nSPS) is 29.2. The summed E-state index contributed by atoms with van der Waals surface area (Å²) in [6, 6.07) is 0.0778. The molecular weight excluding hydrogens is 332 g/mol. The van der Waals surface area contributed by atoms with Crippen molar-refractivity contribution < 1.29 is 24.6 Å². The largest absolute Gasteiger partial charge is 0.387 e. The molecular formula is C14H18N6O5. The molecule has 0 aromatic carbocycles. The van der Waals surface area contributed by atoms with E-state index >= 15 is 0 Å². The molecule has 3 heterocycles. The Morgan fingerprint density at radius 3 is 2.88 bits per heavy atom. The zero-order chi connectivity index (χ0) is 17.6. The molecule has 25 heavy (non-hydrogen) atoms. The average Bonchev–Trinajstić information content (AvgIpc) is 3.30. The van der Waals surface area contributed by atoms with Gasteiger partial charge in [0.15, 0.2) is 17.7 Å². The van der Waals surface area contributed by atoms with Gasteiger partial charge in [0.25, 0.3) is 0 Å². The maximum Gasteiger partial charge on any atom is 0.233 e. The minimum Gasteiger partial charge on any atom is -0.387 e. The molecule has 2 fully saturated rings. The number of fused-ring (bicyclic) bond motifs is 1. The maximum atomic E-state index is 11.0. The number of anilines is 1. The fraction of sp³-hybridized carbons (Fsp3) is 0.571. The Balaban J connectivity index is 1.51. The van der Waals surface area contributed by atoms with Crippen molar-refractivity contribution >= 4 is 23.4 Å². The third-order valence-corrected chi connectivity index (χ3v) is 4.40. The van der Waals surface area contributed by atoms with Crippen molar-refractivity contribution in [3.05, 3.63) is 12.7 Å². The lowest BCUT2D eigenvalue weighted by Crippen LogP contribution is -2.36. The summed E-state index contributed by atoms with van der Waals surface area (Å²) in [6.45, 7) is -0.0618. The number of aliphatic hydroxyl groups excluding tert-OH is 2. The van der Waals surface area contributed by atoms with Crippen LogP contribution >= 0.6 is 0 Å². The fourth-order valence-corrected chi connectivity index (χ4v) is 2.86. The van der Waals surface area contributed by atoms with Crippen LogP contribution < -0.4 is 5.73 Å². The van der Waals surface area contributed by atoms with E-state index in [4.69, 9.17) is 15.3 Å². The van der Waals surface area contributed by atoms with Gasteiger partial charge in [0.1, 0.15) is 36.8 Å². The van der Waals surface area contributed by atoms with Crippen molar-refractivity contribution in [1.82, 2.24) is 24.6 Å². The summed E-state index contributed by atoms with van der Waals surface area (Å²) >= 11 is 0. The van der Waals surface area contributed by atoms with Gasteiger partial charge in [0.2, 0.25) is 6.41 Å². The molecule has 0 bridgehead atoms. The van der Waals surface area contributed by atoms with E-state index in [0.717, 1.165) is 12.8 Å². The standard InChI is InChI=1S/C14H18N6O5/c15-12-9-13(17-4-16-12)19(5-18-9)14-11(23)10(22)8(25-14)3-24-20(6-21)7-1-2-7/h4-8,10-11,14,22-23H,1-3H2,(H2,15,16,17)/t8-,10?,11?,14-/m1/s1. The number of nitrogens with two attached hydrogens (primary N) is 1. The topological polar surface area (TPSA) is 149 Å². The van der Waals surface area contributed by atoms with Crippen molar-refractivity contribution in [2.24, 2.45) is 0 Å². The van der Waals surface area contributed by atoms with Crippen molar-refractivity contribution in [3.63, 3.8) is 0 Å². The van der Waals surface area contributed by atoms with Crippen LogP contribution in [0.15, 0.2) is 12.7 Å². The van der Waals surface area contributed by atoms with Crippen molar-refractivity contribution in [2.45, 2.75) is 43.4 Å². The van der Waals surface area contributed by atoms with Gasteiger partial charge in [-0.2, -0.15) is 0 Å². The summed E-state index contributed by atoms with van der Waals surface area (Å²) < 4.78 is 7.21. The summed E-state index contributed by atoms with van der Waals surface area (Å²) in [6.07, 6.45) is 0.970. The Morgan fingerprint density at radius 2 is 2.16 bits per heavy atom. The number of hydrogen-bond donors (Lipinski definition) is 3. The van der Waals surface area contributed by atoms with Gasteiger partial charge < -0.3 is 20.7 Å². The zero-order valence-corrected chi connectivity index (χ0v) is 13.2. The molecule has 11 heteroatoms. The third-order valence-electron chi connectivity index (χ3n) is 4.40. The lowest BCUT2D eigenvalue weighted by molar-refractivity contribution is -0.194. The first-order chi connectivity index (χ1) is 12.1. The maximum absolute atomic E-state index is 11.0. The molecule has 1 saturated heterocycles. The third kappa shape index (κ3) is 2.80. The van der Waals surface area contributed by atoms with Crippen molar-refractivity contribution in [1.29, 1.82) is 0 Å². The molecule has 4 rings (SSSR count). The number of aliphatic hydroxyl groups is 2.